The number of benzene rings is 1. The Morgan fingerprint density at radius 2 is 1.79 bits per heavy atom. The monoisotopic (exact) mass is 536 g/mol. The van der Waals surface area contributed by atoms with Gasteiger partial charge in [-0.05, 0) is 68.4 Å². The molecule has 0 unspecified atom stereocenters. The number of hydrogen-bond donors (Lipinski definition) is 6. The van der Waals surface area contributed by atoms with E-state index in [4.69, 9.17) is 10.5 Å². The molecule has 2 rings (SSSR count). The SMILES string of the molecule is C/C1=C\CC[C@H](CO)[C@@H](OC(N)=O)/C(C)=C/[C@H](C)[C@@H](O)[C@@H](CO)C[C@H](C)[C@@H](O)c2cc(F)cc(c2)NC1=O. The maximum absolute atomic E-state index is 14.4. The van der Waals surface area contributed by atoms with E-state index in [0.29, 0.717) is 24.0 Å². The molecule has 7 N–H and O–H groups in total. The fourth-order valence-electron chi connectivity index (χ4n) is 5.01. The second kappa shape index (κ2) is 14.4. The topological polar surface area (TPSA) is 162 Å². The summed E-state index contributed by atoms with van der Waals surface area (Å²) in [5.74, 6) is -3.20. The summed E-state index contributed by atoms with van der Waals surface area (Å²) in [5.41, 5.74) is 6.67. The van der Waals surface area contributed by atoms with Gasteiger partial charge in [-0.3, -0.25) is 4.79 Å². The zero-order valence-corrected chi connectivity index (χ0v) is 22.4. The molecule has 1 aromatic carbocycles. The molecule has 212 valence electrons. The van der Waals surface area contributed by atoms with Crippen LogP contribution in [0.3, 0.4) is 0 Å². The summed E-state index contributed by atoms with van der Waals surface area (Å²) in [6.45, 7) is 6.11. The van der Waals surface area contributed by atoms with Crippen molar-refractivity contribution < 1.29 is 39.1 Å². The number of nitrogens with two attached hydrogens (primary N) is 1. The summed E-state index contributed by atoms with van der Waals surface area (Å²) in [5, 5.41) is 44.7. The van der Waals surface area contributed by atoms with E-state index in [2.05, 4.69) is 5.32 Å². The Balaban J connectivity index is 2.52. The normalized spacial score (nSPS) is 32.9. The van der Waals surface area contributed by atoms with E-state index in [9.17, 15) is 34.4 Å². The molecule has 1 aromatic rings. The van der Waals surface area contributed by atoms with Crippen molar-refractivity contribution in [2.45, 2.75) is 65.3 Å². The van der Waals surface area contributed by atoms with Crippen LogP contribution in [0.25, 0.3) is 0 Å². The first-order valence-electron chi connectivity index (χ1n) is 12.9. The van der Waals surface area contributed by atoms with Gasteiger partial charge in [0.15, 0.2) is 0 Å². The summed E-state index contributed by atoms with van der Waals surface area (Å²) < 4.78 is 19.7. The number of carbonyl (C=O) groups excluding carboxylic acids is 2. The molecule has 0 aliphatic carbocycles. The van der Waals surface area contributed by atoms with Crippen LogP contribution in [0.15, 0.2) is 41.5 Å². The van der Waals surface area contributed by atoms with E-state index in [0.717, 1.165) is 6.07 Å². The molecule has 9 nitrogen and oxygen atoms in total. The quantitative estimate of drug-likeness (QED) is 0.323. The Bertz CT molecular complexity index is 1030. The highest BCUT2D eigenvalue weighted by Crippen LogP contribution is 2.33. The molecule has 0 saturated heterocycles. The van der Waals surface area contributed by atoms with Crippen LogP contribution in [0, 0.1) is 29.5 Å². The van der Waals surface area contributed by atoms with Gasteiger partial charge in [-0.2, -0.15) is 0 Å². The van der Waals surface area contributed by atoms with Gasteiger partial charge in [-0.15, -0.1) is 0 Å². The van der Waals surface area contributed by atoms with Crippen molar-refractivity contribution in [2.24, 2.45) is 29.4 Å². The summed E-state index contributed by atoms with van der Waals surface area (Å²) in [7, 11) is 0. The average Bonchev–Trinajstić information content (AvgIpc) is 2.86. The molecular formula is C28H41FN2O7. The zero-order chi connectivity index (χ0) is 28.6. The van der Waals surface area contributed by atoms with Gasteiger partial charge in [0.05, 0.1) is 12.2 Å². The molecule has 0 saturated carbocycles. The third-order valence-electron chi connectivity index (χ3n) is 7.22. The maximum Gasteiger partial charge on any atom is 0.405 e. The summed E-state index contributed by atoms with van der Waals surface area (Å²) in [6.07, 6.45) is 0.317. The van der Waals surface area contributed by atoms with Crippen molar-refractivity contribution in [1.82, 2.24) is 0 Å². The van der Waals surface area contributed by atoms with Gasteiger partial charge in [0.25, 0.3) is 5.91 Å². The number of ether oxygens (including phenoxy) is 1. The van der Waals surface area contributed by atoms with Crippen LogP contribution in [0.5, 0.6) is 0 Å². The minimum absolute atomic E-state index is 0.178. The summed E-state index contributed by atoms with van der Waals surface area (Å²) >= 11 is 0. The molecule has 38 heavy (non-hydrogen) atoms. The molecule has 1 aliphatic rings. The van der Waals surface area contributed by atoms with Crippen LogP contribution >= 0.6 is 0 Å². The second-order valence-electron chi connectivity index (χ2n) is 10.4. The molecule has 0 spiro atoms. The fourth-order valence-corrected chi connectivity index (χ4v) is 5.01. The Labute approximate surface area is 223 Å². The number of amides is 2. The van der Waals surface area contributed by atoms with Crippen molar-refractivity contribution in [3.8, 4) is 0 Å². The highest BCUT2D eigenvalue weighted by molar-refractivity contribution is 6.03. The number of anilines is 1. The van der Waals surface area contributed by atoms with Crippen LogP contribution in [-0.2, 0) is 9.53 Å². The summed E-state index contributed by atoms with van der Waals surface area (Å²) in [4.78, 5) is 24.4. The number of carbonyl (C=O) groups is 2. The lowest BCUT2D eigenvalue weighted by atomic mass is 9.81. The lowest BCUT2D eigenvalue weighted by Gasteiger charge is -2.30. The average molecular weight is 537 g/mol. The fraction of sp³-hybridized carbons (Fsp3) is 0.571. The third kappa shape index (κ3) is 8.62. The highest BCUT2D eigenvalue weighted by Gasteiger charge is 2.31. The van der Waals surface area contributed by atoms with Crippen molar-refractivity contribution >= 4 is 17.7 Å². The van der Waals surface area contributed by atoms with Crippen LogP contribution in [0.2, 0.25) is 0 Å². The largest absolute Gasteiger partial charge is 0.441 e. The van der Waals surface area contributed by atoms with E-state index in [1.165, 1.54) is 12.1 Å². The van der Waals surface area contributed by atoms with Crippen LogP contribution in [-0.4, -0.2) is 57.8 Å². The van der Waals surface area contributed by atoms with Gasteiger partial charge in [-0.1, -0.05) is 26.0 Å². The van der Waals surface area contributed by atoms with E-state index in [1.807, 2.05) is 0 Å². The number of aliphatic hydroxyl groups excluding tert-OH is 4. The van der Waals surface area contributed by atoms with Gasteiger partial charge >= 0.3 is 6.09 Å². The van der Waals surface area contributed by atoms with E-state index in [-0.39, 0.29) is 30.9 Å². The lowest BCUT2D eigenvalue weighted by Crippen LogP contribution is -2.35. The number of halogens is 1. The molecule has 0 aromatic heterocycles. The van der Waals surface area contributed by atoms with Crippen LogP contribution < -0.4 is 11.1 Å². The summed E-state index contributed by atoms with van der Waals surface area (Å²) in [6, 6.07) is 3.84. The predicted octanol–water partition coefficient (Wildman–Crippen LogP) is 3.19. The standard InChI is InChI=1S/C28H41FN2O7/c1-15-6-5-7-19(13-32)26(38-28(30)37)18(4)8-16(2)25(35)21(14-33)9-17(3)24(34)20-10-22(29)12-23(11-20)31-27(15)36/h6,8,10-12,16-17,19,21,24-26,32-35H,5,7,9,13-14H2,1-4H3,(H2,30,37)(H,31,36)/b15-6+,18-8+/t16-,17-,19+,21+,24+,25+,26-/m0/s1. The van der Waals surface area contributed by atoms with Gasteiger partial charge in [-0.25, -0.2) is 9.18 Å². The molecule has 0 radical (unpaired) electrons. The Hall–Kier alpha value is -2.79. The smallest absolute Gasteiger partial charge is 0.405 e. The number of fused-ring (bicyclic) bond motifs is 2. The number of primary amides is 1. The molecule has 10 heteroatoms. The number of allylic oxidation sites excluding steroid dienone is 1. The Morgan fingerprint density at radius 1 is 1.13 bits per heavy atom. The number of aliphatic hydroxyl groups is 4. The van der Waals surface area contributed by atoms with Gasteiger partial charge in [0.1, 0.15) is 11.9 Å². The highest BCUT2D eigenvalue weighted by atomic mass is 19.1. The Kier molecular flexibility index (Phi) is 11.9. The van der Waals surface area contributed by atoms with Gasteiger partial charge < -0.3 is 36.2 Å². The van der Waals surface area contributed by atoms with E-state index in [1.54, 1.807) is 39.8 Å². The minimum atomic E-state index is -1.12. The van der Waals surface area contributed by atoms with Crippen molar-refractivity contribution in [3.05, 3.63) is 52.9 Å². The lowest BCUT2D eigenvalue weighted by molar-refractivity contribution is -0.112. The van der Waals surface area contributed by atoms with Crippen LogP contribution in [0.1, 0.15) is 58.6 Å². The molecule has 7 atom stereocenters. The van der Waals surface area contributed by atoms with E-state index >= 15 is 0 Å². The van der Waals surface area contributed by atoms with E-state index < -0.39 is 59.8 Å². The molecule has 1 aliphatic heterocycles. The maximum atomic E-state index is 14.4. The number of nitrogens with one attached hydrogen (secondary N) is 1. The third-order valence-corrected chi connectivity index (χ3v) is 7.22. The van der Waals surface area contributed by atoms with Crippen LogP contribution in [0.4, 0.5) is 14.9 Å². The first-order valence-corrected chi connectivity index (χ1v) is 12.9. The molecule has 1 heterocycles. The number of hydrogen-bond acceptors (Lipinski definition) is 7. The first kappa shape index (κ1) is 31.4. The van der Waals surface area contributed by atoms with Crippen molar-refractivity contribution in [2.75, 3.05) is 18.5 Å². The molecule has 0 fully saturated rings. The van der Waals surface area contributed by atoms with Crippen molar-refractivity contribution in [1.29, 1.82) is 0 Å². The Morgan fingerprint density at radius 3 is 2.39 bits per heavy atom. The van der Waals surface area contributed by atoms with Gasteiger partial charge in [0.2, 0.25) is 0 Å². The predicted molar refractivity (Wildman–Crippen MR) is 141 cm³/mol. The molecule has 2 bridgehead atoms. The first-order chi connectivity index (χ1) is 17.9. The van der Waals surface area contributed by atoms with Crippen molar-refractivity contribution in [3.63, 3.8) is 0 Å². The second-order valence-corrected chi connectivity index (χ2v) is 10.4. The number of rotatable bonds is 3. The van der Waals surface area contributed by atoms with Gasteiger partial charge in [0, 0.05) is 42.2 Å². The molecular weight excluding hydrogens is 495 g/mol. The minimum Gasteiger partial charge on any atom is -0.441 e. The zero-order valence-electron chi connectivity index (χ0n) is 22.4. The molecule has 2 amide bonds.